The SMILES string of the molecule is Cc1[nH]c(C(=O)O)c(C)c1C(=O)N(C)CC(C)C. The summed E-state index contributed by atoms with van der Waals surface area (Å²) in [5, 5.41) is 9.01. The van der Waals surface area contributed by atoms with Gasteiger partial charge >= 0.3 is 5.97 Å². The van der Waals surface area contributed by atoms with Crippen molar-refractivity contribution in [1.82, 2.24) is 9.88 Å². The maximum atomic E-state index is 12.3. The predicted molar refractivity (Wildman–Crippen MR) is 69.0 cm³/mol. The second-order valence-electron chi connectivity index (χ2n) is 5.01. The van der Waals surface area contributed by atoms with Gasteiger partial charge in [-0.05, 0) is 25.3 Å². The predicted octanol–water partition coefficient (Wildman–Crippen LogP) is 2.06. The number of nitrogens with zero attached hydrogens (tertiary/aromatic N) is 1. The molecule has 0 unspecified atom stereocenters. The zero-order valence-electron chi connectivity index (χ0n) is 11.5. The fourth-order valence-corrected chi connectivity index (χ4v) is 2.11. The summed E-state index contributed by atoms with van der Waals surface area (Å²) in [5.41, 5.74) is 1.66. The van der Waals surface area contributed by atoms with Crippen molar-refractivity contribution in [3.8, 4) is 0 Å². The lowest BCUT2D eigenvalue weighted by molar-refractivity contribution is 0.0690. The molecule has 0 radical (unpaired) electrons. The first-order valence-electron chi connectivity index (χ1n) is 5.93. The number of carboxylic acids is 1. The number of hydrogen-bond acceptors (Lipinski definition) is 2. The van der Waals surface area contributed by atoms with Gasteiger partial charge in [-0.2, -0.15) is 0 Å². The number of aromatic nitrogens is 1. The fourth-order valence-electron chi connectivity index (χ4n) is 2.11. The summed E-state index contributed by atoms with van der Waals surface area (Å²) in [6.45, 7) is 8.08. The van der Waals surface area contributed by atoms with E-state index in [4.69, 9.17) is 5.11 Å². The third-order valence-electron chi connectivity index (χ3n) is 2.85. The van der Waals surface area contributed by atoms with E-state index in [-0.39, 0.29) is 11.6 Å². The summed E-state index contributed by atoms with van der Waals surface area (Å²) < 4.78 is 0. The van der Waals surface area contributed by atoms with Crippen molar-refractivity contribution in [2.75, 3.05) is 13.6 Å². The molecule has 0 atom stereocenters. The van der Waals surface area contributed by atoms with Crippen molar-refractivity contribution in [2.24, 2.45) is 5.92 Å². The molecule has 1 amide bonds. The molecule has 18 heavy (non-hydrogen) atoms. The number of carboxylic acid groups (broad SMARTS) is 1. The normalized spacial score (nSPS) is 10.8. The van der Waals surface area contributed by atoms with Gasteiger partial charge in [0.1, 0.15) is 5.69 Å². The maximum absolute atomic E-state index is 12.3. The molecule has 0 saturated carbocycles. The Kier molecular flexibility index (Phi) is 4.16. The van der Waals surface area contributed by atoms with E-state index in [1.165, 1.54) is 0 Å². The number of H-pyrrole nitrogens is 1. The molecule has 0 aliphatic heterocycles. The van der Waals surface area contributed by atoms with E-state index in [1.807, 2.05) is 13.8 Å². The first kappa shape index (κ1) is 14.3. The van der Waals surface area contributed by atoms with Crippen LogP contribution in [0.5, 0.6) is 0 Å². The lowest BCUT2D eigenvalue weighted by Gasteiger charge is -2.19. The molecule has 0 aromatic carbocycles. The Bertz CT molecular complexity index is 475. The fraction of sp³-hybridized carbons (Fsp3) is 0.538. The minimum atomic E-state index is -1.04. The molecule has 0 aliphatic carbocycles. The van der Waals surface area contributed by atoms with Crippen LogP contribution in [-0.2, 0) is 0 Å². The van der Waals surface area contributed by atoms with Crippen molar-refractivity contribution in [3.05, 3.63) is 22.5 Å². The minimum Gasteiger partial charge on any atom is -0.477 e. The standard InChI is InChI=1S/C13H20N2O3/c1-7(2)6-15(5)12(16)10-8(3)11(13(17)18)14-9(10)4/h7,14H,6H2,1-5H3,(H,17,18). The van der Waals surface area contributed by atoms with Crippen LogP contribution in [0.1, 0.15) is 46.0 Å². The molecule has 0 bridgehead atoms. The van der Waals surface area contributed by atoms with Crippen LogP contribution < -0.4 is 0 Å². The minimum absolute atomic E-state index is 0.0915. The molecule has 0 aliphatic rings. The highest BCUT2D eigenvalue weighted by molar-refractivity contribution is 6.00. The van der Waals surface area contributed by atoms with Crippen LogP contribution in [0.3, 0.4) is 0 Å². The van der Waals surface area contributed by atoms with Crippen LogP contribution in [0.4, 0.5) is 0 Å². The summed E-state index contributed by atoms with van der Waals surface area (Å²) in [4.78, 5) is 27.7. The molecule has 0 spiro atoms. The van der Waals surface area contributed by atoms with Crippen molar-refractivity contribution in [1.29, 1.82) is 0 Å². The number of hydrogen-bond donors (Lipinski definition) is 2. The number of carbonyl (C=O) groups is 2. The van der Waals surface area contributed by atoms with Gasteiger partial charge in [0.25, 0.3) is 5.91 Å². The molecule has 2 N–H and O–H groups in total. The quantitative estimate of drug-likeness (QED) is 0.861. The summed E-state index contributed by atoms with van der Waals surface area (Å²) in [6, 6.07) is 0. The van der Waals surface area contributed by atoms with Crippen LogP contribution in [0, 0.1) is 19.8 Å². The van der Waals surface area contributed by atoms with Gasteiger partial charge in [-0.1, -0.05) is 13.8 Å². The highest BCUT2D eigenvalue weighted by Gasteiger charge is 2.23. The average molecular weight is 252 g/mol. The van der Waals surface area contributed by atoms with Crippen molar-refractivity contribution >= 4 is 11.9 Å². The molecule has 1 aromatic rings. The molecule has 5 heteroatoms. The highest BCUT2D eigenvalue weighted by Crippen LogP contribution is 2.19. The van der Waals surface area contributed by atoms with E-state index >= 15 is 0 Å². The third-order valence-corrected chi connectivity index (χ3v) is 2.85. The Balaban J connectivity index is 3.10. The number of carbonyl (C=O) groups excluding carboxylic acids is 1. The van der Waals surface area contributed by atoms with Gasteiger partial charge in [-0.25, -0.2) is 4.79 Å². The molecule has 1 heterocycles. The number of rotatable bonds is 4. The molecule has 100 valence electrons. The van der Waals surface area contributed by atoms with Gasteiger partial charge in [0.05, 0.1) is 5.56 Å². The van der Waals surface area contributed by atoms with Gasteiger partial charge in [0.15, 0.2) is 0 Å². The smallest absolute Gasteiger partial charge is 0.352 e. The third kappa shape index (κ3) is 2.72. The van der Waals surface area contributed by atoms with Gasteiger partial charge in [0.2, 0.25) is 0 Å². The Hall–Kier alpha value is -1.78. The largest absolute Gasteiger partial charge is 0.477 e. The highest BCUT2D eigenvalue weighted by atomic mass is 16.4. The number of amides is 1. The Morgan fingerprint density at radius 3 is 2.28 bits per heavy atom. The number of nitrogens with one attached hydrogen (secondary N) is 1. The lowest BCUT2D eigenvalue weighted by atomic mass is 10.1. The van der Waals surface area contributed by atoms with E-state index in [1.54, 1.807) is 25.8 Å². The first-order valence-corrected chi connectivity index (χ1v) is 5.93. The number of aromatic carboxylic acids is 1. The van der Waals surface area contributed by atoms with Crippen LogP contribution >= 0.6 is 0 Å². The van der Waals surface area contributed by atoms with Crippen molar-refractivity contribution in [3.63, 3.8) is 0 Å². The van der Waals surface area contributed by atoms with Crippen molar-refractivity contribution < 1.29 is 14.7 Å². The lowest BCUT2D eigenvalue weighted by Crippen LogP contribution is -2.31. The van der Waals surface area contributed by atoms with E-state index in [0.717, 1.165) is 0 Å². The van der Waals surface area contributed by atoms with Crippen LogP contribution in [0.2, 0.25) is 0 Å². The van der Waals surface area contributed by atoms with Crippen LogP contribution in [-0.4, -0.2) is 40.5 Å². The van der Waals surface area contributed by atoms with E-state index in [0.29, 0.717) is 29.3 Å². The van der Waals surface area contributed by atoms with E-state index in [2.05, 4.69) is 4.98 Å². The molecule has 0 saturated heterocycles. The maximum Gasteiger partial charge on any atom is 0.352 e. The van der Waals surface area contributed by atoms with E-state index < -0.39 is 5.97 Å². The van der Waals surface area contributed by atoms with Gasteiger partial charge in [-0.3, -0.25) is 4.79 Å². The summed E-state index contributed by atoms with van der Waals surface area (Å²) in [5.74, 6) is -0.805. The van der Waals surface area contributed by atoms with Crippen LogP contribution in [0.15, 0.2) is 0 Å². The van der Waals surface area contributed by atoms with Gasteiger partial charge in [-0.15, -0.1) is 0 Å². The second kappa shape index (κ2) is 5.25. The average Bonchev–Trinajstić information content (AvgIpc) is 2.52. The Morgan fingerprint density at radius 2 is 1.89 bits per heavy atom. The summed E-state index contributed by atoms with van der Waals surface area (Å²) >= 11 is 0. The summed E-state index contributed by atoms with van der Waals surface area (Å²) in [6.07, 6.45) is 0. The number of aryl methyl sites for hydroxylation is 1. The molecule has 1 aromatic heterocycles. The Labute approximate surface area is 107 Å². The summed E-state index contributed by atoms with van der Waals surface area (Å²) in [7, 11) is 1.73. The molecular formula is C13H20N2O3. The zero-order valence-corrected chi connectivity index (χ0v) is 11.5. The van der Waals surface area contributed by atoms with Gasteiger partial charge < -0.3 is 15.0 Å². The van der Waals surface area contributed by atoms with E-state index in [9.17, 15) is 9.59 Å². The molecule has 0 fully saturated rings. The van der Waals surface area contributed by atoms with Gasteiger partial charge in [0, 0.05) is 19.3 Å². The molecular weight excluding hydrogens is 232 g/mol. The second-order valence-corrected chi connectivity index (χ2v) is 5.01. The first-order chi connectivity index (χ1) is 8.25. The number of aromatic amines is 1. The molecule has 1 rings (SSSR count). The zero-order chi connectivity index (χ0) is 14.0. The molecule has 5 nitrogen and oxygen atoms in total. The van der Waals surface area contributed by atoms with Crippen LogP contribution in [0.25, 0.3) is 0 Å². The Morgan fingerprint density at radius 1 is 1.33 bits per heavy atom. The van der Waals surface area contributed by atoms with Crippen molar-refractivity contribution in [2.45, 2.75) is 27.7 Å². The monoisotopic (exact) mass is 252 g/mol. The topological polar surface area (TPSA) is 73.4 Å².